The molecule has 0 unspecified atom stereocenters. The summed E-state index contributed by atoms with van der Waals surface area (Å²) >= 11 is 0. The van der Waals surface area contributed by atoms with E-state index in [0.29, 0.717) is 0 Å². The van der Waals surface area contributed by atoms with Crippen molar-refractivity contribution in [2.75, 3.05) is 0 Å². The molecule has 0 aliphatic carbocycles. The van der Waals surface area contributed by atoms with Crippen LogP contribution in [0.4, 0.5) is 0 Å². The van der Waals surface area contributed by atoms with Gasteiger partial charge in [-0.1, -0.05) is 42.0 Å². The maximum atomic E-state index is 5.04. The zero-order valence-electron chi connectivity index (χ0n) is 13.8. The van der Waals surface area contributed by atoms with Crippen LogP contribution in [0, 0.1) is 6.92 Å². The van der Waals surface area contributed by atoms with Crippen molar-refractivity contribution in [2.45, 2.75) is 32.7 Å². The monoisotopic (exact) mass is 300 g/mol. The lowest BCUT2D eigenvalue weighted by Crippen LogP contribution is -2.29. The molecule has 0 bridgehead atoms. The average Bonchev–Trinajstić information content (AvgIpc) is 2.52. The normalized spacial score (nSPS) is 16.0. The zero-order valence-corrected chi connectivity index (χ0v) is 13.8. The highest BCUT2D eigenvalue weighted by Crippen LogP contribution is 2.30. The van der Waals surface area contributed by atoms with Crippen LogP contribution in [0.15, 0.2) is 59.7 Å². The van der Waals surface area contributed by atoms with Crippen LogP contribution in [0.1, 0.15) is 36.1 Å². The van der Waals surface area contributed by atoms with E-state index in [1.165, 1.54) is 16.7 Å². The van der Waals surface area contributed by atoms with Gasteiger partial charge in [0.15, 0.2) is 0 Å². The summed E-state index contributed by atoms with van der Waals surface area (Å²) in [6.45, 7) is 6.55. The third-order valence-corrected chi connectivity index (χ3v) is 4.42. The molecule has 0 atom stereocenters. The lowest BCUT2D eigenvalue weighted by molar-refractivity contribution is 0.513. The molecule has 114 valence electrons. The van der Waals surface area contributed by atoms with Gasteiger partial charge in [-0.15, -0.1) is 0 Å². The molecule has 1 aliphatic rings. The fraction of sp³-hybridized carbons (Fsp3) is 0.238. The molecule has 2 heteroatoms. The number of hydrogen-bond donors (Lipinski definition) is 0. The van der Waals surface area contributed by atoms with Gasteiger partial charge < -0.3 is 0 Å². The van der Waals surface area contributed by atoms with Crippen LogP contribution in [-0.4, -0.2) is 16.2 Å². The molecule has 2 aromatic carbocycles. The summed E-state index contributed by atoms with van der Waals surface area (Å²) in [5.74, 6) is 0. The molecule has 1 aromatic heterocycles. The van der Waals surface area contributed by atoms with Crippen LogP contribution in [0.2, 0.25) is 0 Å². The van der Waals surface area contributed by atoms with E-state index in [2.05, 4.69) is 62.2 Å². The standard InChI is InChI=1S/C21H20N2/c1-14-8-9-18-16(10-14)12-21(2,3)23-20(18)17-11-15-6-4-5-7-19(15)22-13-17/h4-11,13H,12H2,1-3H3. The summed E-state index contributed by atoms with van der Waals surface area (Å²) < 4.78 is 0. The number of pyridine rings is 1. The minimum atomic E-state index is -0.0816. The van der Waals surface area contributed by atoms with Crippen molar-refractivity contribution in [3.05, 3.63) is 77.0 Å². The maximum absolute atomic E-state index is 5.04. The second-order valence-corrected chi connectivity index (χ2v) is 7.03. The predicted octanol–water partition coefficient (Wildman–Crippen LogP) is 4.72. The van der Waals surface area contributed by atoms with Crippen LogP contribution >= 0.6 is 0 Å². The zero-order chi connectivity index (χ0) is 16.0. The number of aromatic nitrogens is 1. The third kappa shape index (κ3) is 2.55. The molecule has 23 heavy (non-hydrogen) atoms. The van der Waals surface area contributed by atoms with E-state index in [4.69, 9.17) is 4.99 Å². The lowest BCUT2D eigenvalue weighted by atomic mass is 9.84. The Morgan fingerprint density at radius 3 is 2.70 bits per heavy atom. The van der Waals surface area contributed by atoms with Crippen LogP contribution in [0.5, 0.6) is 0 Å². The van der Waals surface area contributed by atoms with E-state index in [1.54, 1.807) is 0 Å². The number of fused-ring (bicyclic) bond motifs is 2. The summed E-state index contributed by atoms with van der Waals surface area (Å²) in [4.78, 5) is 9.65. The molecule has 0 fully saturated rings. The Morgan fingerprint density at radius 1 is 1.00 bits per heavy atom. The van der Waals surface area contributed by atoms with Gasteiger partial charge in [0.2, 0.25) is 0 Å². The quantitative estimate of drug-likeness (QED) is 0.638. The number of aliphatic imine (C=N–C) groups is 1. The molecule has 2 nitrogen and oxygen atoms in total. The number of aryl methyl sites for hydroxylation is 1. The summed E-state index contributed by atoms with van der Waals surface area (Å²) in [6, 6.07) is 17.1. The molecule has 0 radical (unpaired) electrons. The highest BCUT2D eigenvalue weighted by Gasteiger charge is 2.27. The van der Waals surface area contributed by atoms with E-state index < -0.39 is 0 Å². The SMILES string of the molecule is Cc1ccc2c(c1)CC(C)(C)N=C2c1cnc2ccccc2c1. The largest absolute Gasteiger partial charge is 0.278 e. The lowest BCUT2D eigenvalue weighted by Gasteiger charge is -2.29. The average molecular weight is 300 g/mol. The minimum absolute atomic E-state index is 0.0816. The van der Waals surface area contributed by atoms with Crippen molar-refractivity contribution in [3.8, 4) is 0 Å². The Bertz CT molecular complexity index is 935. The topological polar surface area (TPSA) is 25.2 Å². The summed E-state index contributed by atoms with van der Waals surface area (Å²) in [5.41, 5.74) is 7.03. The van der Waals surface area contributed by atoms with E-state index >= 15 is 0 Å². The molecule has 2 heterocycles. The van der Waals surface area contributed by atoms with Crippen molar-refractivity contribution >= 4 is 16.6 Å². The molecule has 0 amide bonds. The molecule has 0 spiro atoms. The molecular formula is C21H20N2. The van der Waals surface area contributed by atoms with Gasteiger partial charge in [0.05, 0.1) is 16.8 Å². The fourth-order valence-corrected chi connectivity index (χ4v) is 3.39. The first-order valence-corrected chi connectivity index (χ1v) is 8.07. The van der Waals surface area contributed by atoms with Gasteiger partial charge in [-0.05, 0) is 44.9 Å². The highest BCUT2D eigenvalue weighted by atomic mass is 14.9. The van der Waals surface area contributed by atoms with Crippen LogP contribution in [0.3, 0.4) is 0 Å². The van der Waals surface area contributed by atoms with E-state index in [9.17, 15) is 0 Å². The van der Waals surface area contributed by atoms with Gasteiger partial charge in [-0.3, -0.25) is 9.98 Å². The third-order valence-electron chi connectivity index (χ3n) is 4.42. The summed E-state index contributed by atoms with van der Waals surface area (Å²) in [7, 11) is 0. The molecule has 3 aromatic rings. The summed E-state index contributed by atoms with van der Waals surface area (Å²) in [5, 5.41) is 1.16. The first-order valence-electron chi connectivity index (χ1n) is 8.07. The second kappa shape index (κ2) is 5.02. The molecule has 0 N–H and O–H groups in total. The van der Waals surface area contributed by atoms with Crippen LogP contribution in [0.25, 0.3) is 10.9 Å². The Kier molecular flexibility index (Phi) is 3.08. The van der Waals surface area contributed by atoms with E-state index in [1.807, 2.05) is 18.3 Å². The van der Waals surface area contributed by atoms with Gasteiger partial charge in [-0.25, -0.2) is 0 Å². The number of benzene rings is 2. The first kappa shape index (κ1) is 14.1. The second-order valence-electron chi connectivity index (χ2n) is 7.03. The van der Waals surface area contributed by atoms with Gasteiger partial charge in [0.1, 0.15) is 0 Å². The summed E-state index contributed by atoms with van der Waals surface area (Å²) in [6.07, 6.45) is 2.93. The number of hydrogen-bond acceptors (Lipinski definition) is 2. The number of rotatable bonds is 1. The number of nitrogens with zero attached hydrogens (tertiary/aromatic N) is 2. The molecular weight excluding hydrogens is 280 g/mol. The smallest absolute Gasteiger partial charge is 0.0744 e. The van der Waals surface area contributed by atoms with Crippen molar-refractivity contribution in [1.29, 1.82) is 0 Å². The van der Waals surface area contributed by atoms with Gasteiger partial charge in [0, 0.05) is 22.7 Å². The Hall–Kier alpha value is -2.48. The minimum Gasteiger partial charge on any atom is -0.278 e. The van der Waals surface area contributed by atoms with E-state index in [0.717, 1.165) is 28.6 Å². The molecule has 0 saturated heterocycles. The molecule has 4 rings (SSSR count). The van der Waals surface area contributed by atoms with Crippen molar-refractivity contribution in [2.24, 2.45) is 4.99 Å². The van der Waals surface area contributed by atoms with Crippen LogP contribution in [-0.2, 0) is 6.42 Å². The van der Waals surface area contributed by atoms with Crippen molar-refractivity contribution in [1.82, 2.24) is 4.98 Å². The molecule has 0 saturated carbocycles. The number of para-hydroxylation sites is 1. The maximum Gasteiger partial charge on any atom is 0.0744 e. The fourth-order valence-electron chi connectivity index (χ4n) is 3.39. The Labute approximate surface area is 136 Å². The van der Waals surface area contributed by atoms with Gasteiger partial charge in [0.25, 0.3) is 0 Å². The van der Waals surface area contributed by atoms with Crippen molar-refractivity contribution < 1.29 is 0 Å². The molecule has 1 aliphatic heterocycles. The highest BCUT2D eigenvalue weighted by molar-refractivity contribution is 6.15. The van der Waals surface area contributed by atoms with Gasteiger partial charge in [-0.2, -0.15) is 0 Å². The van der Waals surface area contributed by atoms with E-state index in [-0.39, 0.29) is 5.54 Å². The van der Waals surface area contributed by atoms with Gasteiger partial charge >= 0.3 is 0 Å². The van der Waals surface area contributed by atoms with Crippen molar-refractivity contribution in [3.63, 3.8) is 0 Å². The predicted molar refractivity (Wildman–Crippen MR) is 96.3 cm³/mol. The Morgan fingerprint density at radius 2 is 1.83 bits per heavy atom. The Balaban J connectivity index is 1.93. The van der Waals surface area contributed by atoms with Crippen LogP contribution < -0.4 is 0 Å². The first-order chi connectivity index (χ1) is 11.0.